The second kappa shape index (κ2) is 4.03. The minimum Gasteiger partial charge on any atom is -0.208 e. The zero-order valence-electron chi connectivity index (χ0n) is 9.28. The molecule has 0 bridgehead atoms. The summed E-state index contributed by atoms with van der Waals surface area (Å²) in [5, 5.41) is 0. The van der Waals surface area contributed by atoms with Crippen molar-refractivity contribution in [1.82, 2.24) is 4.72 Å². The molecule has 1 aliphatic rings. The molecule has 1 fully saturated rings. The third-order valence-corrected chi connectivity index (χ3v) is 4.28. The Morgan fingerprint density at radius 3 is 2.24 bits per heavy atom. The third kappa shape index (κ3) is 2.81. The summed E-state index contributed by atoms with van der Waals surface area (Å²) in [7, 11) is -3.67. The maximum absolute atomic E-state index is 12.6. The highest BCUT2D eigenvalue weighted by Crippen LogP contribution is 2.37. The van der Waals surface area contributed by atoms with Gasteiger partial charge in [-0.15, -0.1) is 0 Å². The number of aryl methyl sites for hydroxylation is 1. The van der Waals surface area contributed by atoms with E-state index in [1.165, 1.54) is 12.1 Å². The Kier molecular flexibility index (Phi) is 2.95. The highest BCUT2D eigenvalue weighted by Gasteiger charge is 2.46. The number of hydrogen-bond donors (Lipinski definition) is 1. The summed E-state index contributed by atoms with van der Waals surface area (Å²) in [6, 6.07) is 5.62. The average Bonchev–Trinajstić information content (AvgIpc) is 2.14. The fraction of sp³-hybridized carbons (Fsp3) is 0.455. The third-order valence-electron chi connectivity index (χ3n) is 2.74. The number of rotatable bonds is 3. The molecule has 0 radical (unpaired) electrons. The highest BCUT2D eigenvalue weighted by atomic mass is 32.2. The summed E-state index contributed by atoms with van der Waals surface area (Å²) in [5.41, 5.74) is 0.944. The lowest BCUT2D eigenvalue weighted by Crippen LogP contribution is -2.50. The average molecular weight is 261 g/mol. The molecule has 0 aromatic heterocycles. The summed E-state index contributed by atoms with van der Waals surface area (Å²) in [4.78, 5) is 0.110. The van der Waals surface area contributed by atoms with Crippen molar-refractivity contribution < 1.29 is 17.2 Å². The van der Waals surface area contributed by atoms with Crippen LogP contribution < -0.4 is 4.72 Å². The second-order valence-corrected chi connectivity index (χ2v) is 6.11. The minimum absolute atomic E-state index is 0.110. The first-order chi connectivity index (χ1) is 7.78. The van der Waals surface area contributed by atoms with Gasteiger partial charge in [0.15, 0.2) is 0 Å². The molecule has 1 aromatic rings. The fourth-order valence-electron chi connectivity index (χ4n) is 1.75. The van der Waals surface area contributed by atoms with Gasteiger partial charge in [-0.1, -0.05) is 17.7 Å². The van der Waals surface area contributed by atoms with E-state index in [1.54, 1.807) is 12.1 Å². The maximum atomic E-state index is 12.6. The Morgan fingerprint density at radius 1 is 1.24 bits per heavy atom. The lowest BCUT2D eigenvalue weighted by molar-refractivity contribution is -0.0876. The number of halogens is 2. The van der Waals surface area contributed by atoms with Gasteiger partial charge in [0.2, 0.25) is 10.0 Å². The Labute approximate surface area is 98.9 Å². The van der Waals surface area contributed by atoms with Gasteiger partial charge in [0.1, 0.15) is 0 Å². The van der Waals surface area contributed by atoms with Crippen LogP contribution in [0.5, 0.6) is 0 Å². The van der Waals surface area contributed by atoms with Gasteiger partial charge in [-0.05, 0) is 19.1 Å². The molecule has 94 valence electrons. The van der Waals surface area contributed by atoms with Crippen molar-refractivity contribution >= 4 is 10.0 Å². The van der Waals surface area contributed by atoms with Gasteiger partial charge >= 0.3 is 0 Å². The molecule has 1 N–H and O–H groups in total. The number of nitrogens with one attached hydrogen (secondary N) is 1. The molecule has 0 spiro atoms. The fourth-order valence-corrected chi connectivity index (χ4v) is 2.99. The number of benzene rings is 1. The number of hydrogen-bond acceptors (Lipinski definition) is 2. The first-order valence-electron chi connectivity index (χ1n) is 5.25. The first-order valence-corrected chi connectivity index (χ1v) is 6.74. The van der Waals surface area contributed by atoms with Crippen molar-refractivity contribution in [1.29, 1.82) is 0 Å². The van der Waals surface area contributed by atoms with E-state index in [0.717, 1.165) is 5.56 Å². The lowest BCUT2D eigenvalue weighted by Gasteiger charge is -2.34. The Balaban J connectivity index is 2.07. The Morgan fingerprint density at radius 2 is 1.76 bits per heavy atom. The molecule has 0 aliphatic heterocycles. The molecule has 6 heteroatoms. The van der Waals surface area contributed by atoms with Crippen LogP contribution >= 0.6 is 0 Å². The minimum atomic E-state index is -3.67. The van der Waals surface area contributed by atoms with Crippen LogP contribution in [0.4, 0.5) is 8.78 Å². The topological polar surface area (TPSA) is 46.2 Å². The largest absolute Gasteiger partial charge is 0.251 e. The molecule has 0 saturated heterocycles. The van der Waals surface area contributed by atoms with Crippen LogP contribution in [0.2, 0.25) is 0 Å². The zero-order valence-corrected chi connectivity index (χ0v) is 10.1. The molecule has 3 nitrogen and oxygen atoms in total. The SMILES string of the molecule is Cc1ccc(S(=O)(=O)NC2CC(F)(F)C2)cc1. The zero-order chi connectivity index (χ0) is 12.7. The van der Waals surface area contributed by atoms with Crippen molar-refractivity contribution in [2.45, 2.75) is 36.6 Å². The van der Waals surface area contributed by atoms with Gasteiger partial charge in [0.05, 0.1) is 4.90 Å². The van der Waals surface area contributed by atoms with E-state index in [0.29, 0.717) is 0 Å². The molecular formula is C11H13F2NO2S. The van der Waals surface area contributed by atoms with E-state index in [-0.39, 0.29) is 4.90 Å². The van der Waals surface area contributed by atoms with Crippen molar-refractivity contribution in [2.75, 3.05) is 0 Å². The van der Waals surface area contributed by atoms with Gasteiger partial charge in [-0.3, -0.25) is 0 Å². The quantitative estimate of drug-likeness (QED) is 0.905. The van der Waals surface area contributed by atoms with Crippen molar-refractivity contribution in [3.8, 4) is 0 Å². The monoisotopic (exact) mass is 261 g/mol. The molecule has 0 amide bonds. The summed E-state index contributed by atoms with van der Waals surface area (Å²) in [6.07, 6.45) is -0.837. The van der Waals surface area contributed by atoms with Gasteiger partial charge in [-0.2, -0.15) is 0 Å². The van der Waals surface area contributed by atoms with Crippen LogP contribution in [-0.4, -0.2) is 20.4 Å². The Bertz CT molecular complexity index is 503. The van der Waals surface area contributed by atoms with E-state index in [9.17, 15) is 17.2 Å². The summed E-state index contributed by atoms with van der Waals surface area (Å²) in [5.74, 6) is -2.72. The van der Waals surface area contributed by atoms with Crippen molar-refractivity contribution in [3.63, 3.8) is 0 Å². The van der Waals surface area contributed by atoms with Gasteiger partial charge in [0.25, 0.3) is 5.92 Å². The molecule has 1 aromatic carbocycles. The van der Waals surface area contributed by atoms with E-state index in [1.807, 2.05) is 6.92 Å². The molecule has 1 aliphatic carbocycles. The standard InChI is InChI=1S/C11H13F2NO2S/c1-8-2-4-10(5-3-8)17(15,16)14-9-6-11(12,13)7-9/h2-5,9,14H,6-7H2,1H3. The molecule has 2 rings (SSSR count). The molecule has 0 atom stereocenters. The normalized spacial score (nSPS) is 19.9. The molecule has 1 saturated carbocycles. The van der Waals surface area contributed by atoms with Crippen LogP contribution in [0.3, 0.4) is 0 Å². The van der Waals surface area contributed by atoms with Crippen molar-refractivity contribution in [3.05, 3.63) is 29.8 Å². The molecule has 0 unspecified atom stereocenters. The van der Waals surface area contributed by atoms with Crippen LogP contribution in [0, 0.1) is 6.92 Å². The van der Waals surface area contributed by atoms with E-state index < -0.39 is 34.8 Å². The molecule has 17 heavy (non-hydrogen) atoms. The molecular weight excluding hydrogens is 248 g/mol. The van der Waals surface area contributed by atoms with E-state index in [2.05, 4.69) is 4.72 Å². The van der Waals surface area contributed by atoms with E-state index >= 15 is 0 Å². The predicted molar refractivity (Wildman–Crippen MR) is 59.5 cm³/mol. The van der Waals surface area contributed by atoms with Crippen LogP contribution in [0.25, 0.3) is 0 Å². The number of sulfonamides is 1. The van der Waals surface area contributed by atoms with Crippen LogP contribution in [0.1, 0.15) is 18.4 Å². The molecule has 0 heterocycles. The predicted octanol–water partition coefficient (Wildman–Crippen LogP) is 2.07. The second-order valence-electron chi connectivity index (χ2n) is 4.40. The smallest absolute Gasteiger partial charge is 0.208 e. The van der Waals surface area contributed by atoms with E-state index in [4.69, 9.17) is 0 Å². The van der Waals surface area contributed by atoms with Crippen molar-refractivity contribution in [2.24, 2.45) is 0 Å². The van der Waals surface area contributed by atoms with Gasteiger partial charge in [-0.25, -0.2) is 21.9 Å². The maximum Gasteiger partial charge on any atom is 0.251 e. The summed E-state index contributed by atoms with van der Waals surface area (Å²) < 4.78 is 51.0. The Hall–Kier alpha value is -1.01. The number of alkyl halides is 2. The van der Waals surface area contributed by atoms with Crippen LogP contribution in [-0.2, 0) is 10.0 Å². The van der Waals surface area contributed by atoms with Gasteiger partial charge < -0.3 is 0 Å². The summed E-state index contributed by atoms with van der Waals surface area (Å²) in [6.45, 7) is 1.84. The van der Waals surface area contributed by atoms with Gasteiger partial charge in [0, 0.05) is 18.9 Å². The lowest BCUT2D eigenvalue weighted by atomic mass is 9.89. The first kappa shape index (κ1) is 12.4. The van der Waals surface area contributed by atoms with Crippen LogP contribution in [0.15, 0.2) is 29.2 Å². The summed E-state index contributed by atoms with van der Waals surface area (Å²) >= 11 is 0. The highest BCUT2D eigenvalue weighted by molar-refractivity contribution is 7.89.